The maximum absolute atomic E-state index is 12.2. The summed E-state index contributed by atoms with van der Waals surface area (Å²) in [5, 5.41) is 13.8. The van der Waals surface area contributed by atoms with Crippen molar-refractivity contribution in [1.29, 1.82) is 0 Å². The van der Waals surface area contributed by atoms with Crippen LogP contribution in [-0.4, -0.2) is 31.0 Å². The van der Waals surface area contributed by atoms with E-state index in [0.29, 0.717) is 28.3 Å². The third-order valence-corrected chi connectivity index (χ3v) is 3.87. The number of ether oxygens (including phenoxy) is 3. The van der Waals surface area contributed by atoms with Gasteiger partial charge in [0.05, 0.1) is 19.9 Å². The Kier molecular flexibility index (Phi) is 6.33. The van der Waals surface area contributed by atoms with Crippen molar-refractivity contribution < 1.29 is 24.1 Å². The number of hydrogen-bond donors (Lipinski definition) is 2. The summed E-state index contributed by atoms with van der Waals surface area (Å²) in [6.45, 7) is 7.28. The van der Waals surface area contributed by atoms with E-state index >= 15 is 0 Å². The number of rotatable bonds is 5. The van der Waals surface area contributed by atoms with Gasteiger partial charge < -0.3 is 19.3 Å². The number of aryl methyl sites for hydroxylation is 1. The van der Waals surface area contributed by atoms with Gasteiger partial charge in [0, 0.05) is 11.1 Å². The van der Waals surface area contributed by atoms with Gasteiger partial charge in [0.2, 0.25) is 0 Å². The summed E-state index contributed by atoms with van der Waals surface area (Å²) < 4.78 is 16.1. The van der Waals surface area contributed by atoms with E-state index in [0.717, 1.165) is 5.56 Å². The monoisotopic (exact) mass is 373 g/mol. The highest BCUT2D eigenvalue weighted by atomic mass is 16.6. The van der Waals surface area contributed by atoms with Crippen LogP contribution in [0.3, 0.4) is 0 Å². The van der Waals surface area contributed by atoms with E-state index in [1.165, 1.54) is 14.2 Å². The SMILES string of the molecule is COc1cccc(C(O)c2cc(C)ccc2NC(=O)OC(C)(C)C)c1OC. The normalized spacial score (nSPS) is 12.3. The molecule has 0 radical (unpaired) electrons. The first-order valence-electron chi connectivity index (χ1n) is 8.65. The van der Waals surface area contributed by atoms with E-state index < -0.39 is 17.8 Å². The molecule has 1 unspecified atom stereocenters. The maximum atomic E-state index is 12.2. The van der Waals surface area contributed by atoms with Crippen LogP contribution in [0, 0.1) is 6.92 Å². The number of aliphatic hydroxyl groups is 1. The lowest BCUT2D eigenvalue weighted by Gasteiger charge is -2.23. The molecule has 0 aromatic heterocycles. The molecular weight excluding hydrogens is 346 g/mol. The van der Waals surface area contributed by atoms with Crippen molar-refractivity contribution in [2.45, 2.75) is 39.4 Å². The van der Waals surface area contributed by atoms with E-state index in [1.54, 1.807) is 45.0 Å². The number of aliphatic hydroxyl groups excluding tert-OH is 1. The first-order chi connectivity index (χ1) is 12.7. The highest BCUT2D eigenvalue weighted by Crippen LogP contribution is 2.39. The van der Waals surface area contributed by atoms with Gasteiger partial charge in [-0.3, -0.25) is 5.32 Å². The fourth-order valence-electron chi connectivity index (χ4n) is 2.73. The molecular formula is C21H27NO5. The van der Waals surface area contributed by atoms with Crippen molar-refractivity contribution >= 4 is 11.8 Å². The molecule has 0 spiro atoms. The minimum atomic E-state index is -1.03. The van der Waals surface area contributed by atoms with Gasteiger partial charge in [-0.15, -0.1) is 0 Å². The zero-order valence-corrected chi connectivity index (χ0v) is 16.6. The molecule has 27 heavy (non-hydrogen) atoms. The first-order valence-corrected chi connectivity index (χ1v) is 8.65. The number of para-hydroxylation sites is 1. The summed E-state index contributed by atoms with van der Waals surface area (Å²) in [5.74, 6) is 0.959. The number of carbonyl (C=O) groups is 1. The molecule has 2 aromatic rings. The standard InChI is InChI=1S/C21H27NO5/c1-13-10-11-16(22-20(24)27-21(2,3)4)15(12-13)18(23)14-8-7-9-17(25-5)19(14)26-6/h7-12,18,23H,1-6H3,(H,22,24). The van der Waals surface area contributed by atoms with Crippen LogP contribution in [0.25, 0.3) is 0 Å². The van der Waals surface area contributed by atoms with Crippen LogP contribution >= 0.6 is 0 Å². The Balaban J connectivity index is 2.43. The predicted molar refractivity (Wildman–Crippen MR) is 105 cm³/mol. The Labute approximate surface area is 160 Å². The highest BCUT2D eigenvalue weighted by molar-refractivity contribution is 5.86. The Morgan fingerprint density at radius 2 is 1.78 bits per heavy atom. The molecule has 0 heterocycles. The van der Waals surface area contributed by atoms with Gasteiger partial charge in [0.25, 0.3) is 0 Å². The molecule has 6 heteroatoms. The largest absolute Gasteiger partial charge is 0.493 e. The molecule has 6 nitrogen and oxygen atoms in total. The van der Waals surface area contributed by atoms with Crippen LogP contribution in [0.5, 0.6) is 11.5 Å². The minimum Gasteiger partial charge on any atom is -0.493 e. The molecule has 0 bridgehead atoms. The van der Waals surface area contributed by atoms with E-state index in [-0.39, 0.29) is 0 Å². The van der Waals surface area contributed by atoms with Crippen molar-refractivity contribution in [2.24, 2.45) is 0 Å². The zero-order valence-electron chi connectivity index (χ0n) is 16.6. The van der Waals surface area contributed by atoms with Gasteiger partial charge in [-0.25, -0.2) is 4.79 Å². The Hall–Kier alpha value is -2.73. The van der Waals surface area contributed by atoms with Crippen molar-refractivity contribution in [3.05, 3.63) is 53.1 Å². The maximum Gasteiger partial charge on any atom is 0.412 e. The number of nitrogens with one attached hydrogen (secondary N) is 1. The Bertz CT molecular complexity index is 811. The van der Waals surface area contributed by atoms with Gasteiger partial charge in [-0.05, 0) is 39.8 Å². The van der Waals surface area contributed by atoms with E-state index in [1.807, 2.05) is 19.1 Å². The van der Waals surface area contributed by atoms with Crippen LogP contribution in [0.15, 0.2) is 36.4 Å². The summed E-state index contributed by atoms with van der Waals surface area (Å²) in [6, 6.07) is 10.7. The number of anilines is 1. The number of amides is 1. The summed E-state index contributed by atoms with van der Waals surface area (Å²) in [6.07, 6.45) is -1.61. The number of hydrogen-bond acceptors (Lipinski definition) is 5. The quantitative estimate of drug-likeness (QED) is 0.810. The number of carbonyl (C=O) groups excluding carboxylic acids is 1. The van der Waals surface area contributed by atoms with E-state index in [9.17, 15) is 9.90 Å². The molecule has 0 aliphatic heterocycles. The van der Waals surface area contributed by atoms with Crippen LogP contribution in [0.2, 0.25) is 0 Å². The lowest BCUT2D eigenvalue weighted by Crippen LogP contribution is -2.27. The molecule has 0 saturated carbocycles. The lowest BCUT2D eigenvalue weighted by atomic mass is 9.97. The minimum absolute atomic E-state index is 0.442. The van der Waals surface area contributed by atoms with Gasteiger partial charge >= 0.3 is 6.09 Å². The fourth-order valence-corrected chi connectivity index (χ4v) is 2.73. The topological polar surface area (TPSA) is 77.0 Å². The molecule has 1 atom stereocenters. The molecule has 2 N–H and O–H groups in total. The van der Waals surface area contributed by atoms with Crippen molar-refractivity contribution in [1.82, 2.24) is 0 Å². The molecule has 0 saturated heterocycles. The smallest absolute Gasteiger partial charge is 0.412 e. The molecule has 0 fully saturated rings. The zero-order chi connectivity index (χ0) is 20.2. The van der Waals surface area contributed by atoms with Crippen LogP contribution in [0.1, 0.15) is 43.6 Å². The van der Waals surface area contributed by atoms with Crippen molar-refractivity contribution in [3.63, 3.8) is 0 Å². The third kappa shape index (κ3) is 5.14. The molecule has 2 aromatic carbocycles. The Morgan fingerprint density at radius 1 is 1.07 bits per heavy atom. The fraction of sp³-hybridized carbons (Fsp3) is 0.381. The first kappa shape index (κ1) is 20.6. The van der Waals surface area contributed by atoms with Gasteiger partial charge in [0.15, 0.2) is 11.5 Å². The lowest BCUT2D eigenvalue weighted by molar-refractivity contribution is 0.0635. The van der Waals surface area contributed by atoms with Crippen LogP contribution in [0.4, 0.5) is 10.5 Å². The van der Waals surface area contributed by atoms with Crippen LogP contribution < -0.4 is 14.8 Å². The molecule has 0 aliphatic carbocycles. The second kappa shape index (κ2) is 8.31. The second-order valence-corrected chi connectivity index (χ2v) is 7.20. The Morgan fingerprint density at radius 3 is 2.37 bits per heavy atom. The summed E-state index contributed by atoms with van der Waals surface area (Å²) in [4.78, 5) is 12.2. The van der Waals surface area contributed by atoms with Crippen LogP contribution in [-0.2, 0) is 4.74 Å². The third-order valence-electron chi connectivity index (χ3n) is 3.87. The molecule has 0 aliphatic rings. The van der Waals surface area contributed by atoms with Crippen molar-refractivity contribution in [2.75, 3.05) is 19.5 Å². The number of methoxy groups -OCH3 is 2. The predicted octanol–water partition coefficient (Wildman–Crippen LogP) is 4.44. The average molecular weight is 373 g/mol. The van der Waals surface area contributed by atoms with Gasteiger partial charge in [-0.2, -0.15) is 0 Å². The highest BCUT2D eigenvalue weighted by Gasteiger charge is 2.23. The van der Waals surface area contributed by atoms with E-state index in [4.69, 9.17) is 14.2 Å². The average Bonchev–Trinajstić information content (AvgIpc) is 2.60. The summed E-state index contributed by atoms with van der Waals surface area (Å²) >= 11 is 0. The number of benzene rings is 2. The van der Waals surface area contributed by atoms with Gasteiger partial charge in [0.1, 0.15) is 11.7 Å². The molecule has 2 rings (SSSR count). The van der Waals surface area contributed by atoms with E-state index in [2.05, 4.69) is 5.32 Å². The second-order valence-electron chi connectivity index (χ2n) is 7.20. The summed E-state index contributed by atoms with van der Waals surface area (Å²) in [5.41, 5.74) is 1.86. The summed E-state index contributed by atoms with van der Waals surface area (Å²) in [7, 11) is 3.06. The molecule has 1 amide bonds. The van der Waals surface area contributed by atoms with Gasteiger partial charge in [-0.1, -0.05) is 29.8 Å². The molecule has 146 valence electrons. The van der Waals surface area contributed by atoms with Crippen molar-refractivity contribution in [3.8, 4) is 11.5 Å².